The second kappa shape index (κ2) is 10.1. The smallest absolute Gasteiger partial charge is 0.341 e. The van der Waals surface area contributed by atoms with Crippen LogP contribution in [0.3, 0.4) is 0 Å². The second-order valence-electron chi connectivity index (χ2n) is 5.61. The number of carbonyl (C=O) groups is 2. The number of aliphatic carboxylic acids is 1. The first-order valence-corrected chi connectivity index (χ1v) is 10.7. The first-order chi connectivity index (χ1) is 13.3. The summed E-state index contributed by atoms with van der Waals surface area (Å²) in [5, 5.41) is 11.1. The minimum Gasteiger partial charge on any atom is -0.482 e. The van der Waals surface area contributed by atoms with Crippen molar-refractivity contribution in [2.75, 3.05) is 24.2 Å². The van der Waals surface area contributed by atoms with Gasteiger partial charge in [0.2, 0.25) is 15.9 Å². The number of amides is 1. The lowest BCUT2D eigenvalue weighted by Gasteiger charge is -2.08. The summed E-state index contributed by atoms with van der Waals surface area (Å²) in [5.41, 5.74) is 0.526. The van der Waals surface area contributed by atoms with E-state index < -0.39 is 22.6 Å². The van der Waals surface area contributed by atoms with Crippen molar-refractivity contribution in [1.82, 2.24) is 4.72 Å². The van der Waals surface area contributed by atoms with Crippen molar-refractivity contribution in [1.29, 1.82) is 0 Å². The first-order valence-electron chi connectivity index (χ1n) is 8.21. The van der Waals surface area contributed by atoms with Gasteiger partial charge in [-0.15, -0.1) is 11.8 Å². The van der Waals surface area contributed by atoms with Gasteiger partial charge in [0.15, 0.2) is 6.61 Å². The molecule has 0 heterocycles. The van der Waals surface area contributed by atoms with Gasteiger partial charge in [0.1, 0.15) is 5.75 Å². The van der Waals surface area contributed by atoms with E-state index in [0.717, 1.165) is 4.90 Å². The molecule has 2 aromatic rings. The van der Waals surface area contributed by atoms with Crippen LogP contribution in [0.15, 0.2) is 58.3 Å². The molecule has 2 aromatic carbocycles. The summed E-state index contributed by atoms with van der Waals surface area (Å²) >= 11 is 1.45. The van der Waals surface area contributed by atoms with Gasteiger partial charge in [0.25, 0.3) is 0 Å². The van der Waals surface area contributed by atoms with Crippen LogP contribution in [-0.4, -0.2) is 44.3 Å². The van der Waals surface area contributed by atoms with E-state index in [4.69, 9.17) is 9.84 Å². The Morgan fingerprint density at radius 2 is 1.71 bits per heavy atom. The Labute approximate surface area is 167 Å². The molecule has 0 atom stereocenters. The van der Waals surface area contributed by atoms with Crippen molar-refractivity contribution < 1.29 is 27.9 Å². The molecule has 0 unspecified atom stereocenters. The SMILES string of the molecule is CC(=O)Nc1ccc(S(=O)(=O)NCCSc2ccc(OCC(=O)O)cc2)cc1. The highest BCUT2D eigenvalue weighted by molar-refractivity contribution is 7.99. The summed E-state index contributed by atoms with van der Waals surface area (Å²) in [6.45, 7) is 1.21. The molecule has 0 spiro atoms. The molecule has 1 amide bonds. The molecule has 28 heavy (non-hydrogen) atoms. The highest BCUT2D eigenvalue weighted by atomic mass is 32.2. The number of ether oxygens (including phenoxy) is 1. The number of anilines is 1. The molecular formula is C18H20N2O6S2. The summed E-state index contributed by atoms with van der Waals surface area (Å²) in [7, 11) is -3.63. The molecule has 8 nitrogen and oxygen atoms in total. The quantitative estimate of drug-likeness (QED) is 0.395. The molecule has 0 radical (unpaired) electrons. The molecule has 0 aliphatic heterocycles. The van der Waals surface area contributed by atoms with Gasteiger partial charge in [-0.3, -0.25) is 4.79 Å². The fourth-order valence-corrected chi connectivity index (χ4v) is 4.06. The van der Waals surface area contributed by atoms with E-state index in [1.807, 2.05) is 0 Å². The van der Waals surface area contributed by atoms with Crippen molar-refractivity contribution in [3.05, 3.63) is 48.5 Å². The molecule has 0 fully saturated rings. The molecular weight excluding hydrogens is 404 g/mol. The van der Waals surface area contributed by atoms with E-state index in [0.29, 0.717) is 17.2 Å². The lowest BCUT2D eigenvalue weighted by Crippen LogP contribution is -2.26. The minimum absolute atomic E-state index is 0.117. The van der Waals surface area contributed by atoms with E-state index in [1.54, 1.807) is 24.3 Å². The Morgan fingerprint density at radius 3 is 2.29 bits per heavy atom. The highest BCUT2D eigenvalue weighted by Crippen LogP contribution is 2.21. The topological polar surface area (TPSA) is 122 Å². The number of carboxylic acid groups (broad SMARTS) is 1. The Morgan fingerprint density at radius 1 is 1.07 bits per heavy atom. The molecule has 10 heteroatoms. The number of benzene rings is 2. The van der Waals surface area contributed by atoms with Crippen molar-refractivity contribution in [2.24, 2.45) is 0 Å². The number of hydrogen-bond donors (Lipinski definition) is 3. The Kier molecular flexibility index (Phi) is 7.85. The van der Waals surface area contributed by atoms with Crippen LogP contribution in [0.5, 0.6) is 5.75 Å². The van der Waals surface area contributed by atoms with E-state index >= 15 is 0 Å². The van der Waals surface area contributed by atoms with Crippen molar-refractivity contribution in [3.8, 4) is 5.75 Å². The first kappa shape index (κ1) is 21.7. The van der Waals surface area contributed by atoms with Gasteiger partial charge < -0.3 is 15.2 Å². The Bertz CT molecular complexity index is 912. The van der Waals surface area contributed by atoms with Crippen LogP contribution >= 0.6 is 11.8 Å². The second-order valence-corrected chi connectivity index (χ2v) is 8.54. The van der Waals surface area contributed by atoms with Gasteiger partial charge in [-0.2, -0.15) is 0 Å². The van der Waals surface area contributed by atoms with Crippen molar-refractivity contribution >= 4 is 39.3 Å². The normalized spacial score (nSPS) is 11.0. The zero-order valence-electron chi connectivity index (χ0n) is 15.0. The maximum atomic E-state index is 12.3. The van der Waals surface area contributed by atoms with E-state index in [-0.39, 0.29) is 17.3 Å². The Hall–Kier alpha value is -2.56. The number of thioether (sulfide) groups is 1. The lowest BCUT2D eigenvalue weighted by molar-refractivity contribution is -0.139. The van der Waals surface area contributed by atoms with Crippen LogP contribution < -0.4 is 14.8 Å². The summed E-state index contributed by atoms with van der Waals surface area (Å²) in [5.74, 6) is -0.309. The minimum atomic E-state index is -3.63. The predicted octanol–water partition coefficient (Wildman–Crippen LogP) is 2.18. The van der Waals surface area contributed by atoms with Crippen molar-refractivity contribution in [3.63, 3.8) is 0 Å². The standard InChI is InChI=1S/C18H20N2O6S2/c1-13(21)20-14-2-8-17(9-3-14)28(24,25)19-10-11-27-16-6-4-15(5-7-16)26-12-18(22)23/h2-9,19H,10-12H2,1H3,(H,20,21)(H,22,23). The lowest BCUT2D eigenvalue weighted by atomic mass is 10.3. The third-order valence-corrected chi connectivity index (χ3v) is 5.82. The van der Waals surface area contributed by atoms with E-state index in [1.165, 1.54) is 43.0 Å². The zero-order chi connectivity index (χ0) is 20.6. The fraction of sp³-hybridized carbons (Fsp3) is 0.222. The fourth-order valence-electron chi connectivity index (χ4n) is 2.13. The van der Waals surface area contributed by atoms with Crippen LogP contribution in [0.25, 0.3) is 0 Å². The summed E-state index contributed by atoms with van der Waals surface area (Å²) in [6.07, 6.45) is 0. The van der Waals surface area contributed by atoms with Gasteiger partial charge in [-0.05, 0) is 48.5 Å². The van der Waals surface area contributed by atoms with Crippen LogP contribution in [-0.2, 0) is 19.6 Å². The number of carboxylic acids is 1. The van der Waals surface area contributed by atoms with Crippen LogP contribution in [0.2, 0.25) is 0 Å². The third kappa shape index (κ3) is 7.22. The zero-order valence-corrected chi connectivity index (χ0v) is 16.7. The molecule has 3 N–H and O–H groups in total. The predicted molar refractivity (Wildman–Crippen MR) is 106 cm³/mol. The van der Waals surface area contributed by atoms with Crippen LogP contribution in [0.4, 0.5) is 5.69 Å². The molecule has 2 rings (SSSR count). The number of nitrogens with one attached hydrogen (secondary N) is 2. The van der Waals surface area contributed by atoms with Crippen molar-refractivity contribution in [2.45, 2.75) is 16.7 Å². The van der Waals surface area contributed by atoms with Gasteiger partial charge >= 0.3 is 5.97 Å². The van der Waals surface area contributed by atoms with E-state index in [2.05, 4.69) is 10.0 Å². The largest absolute Gasteiger partial charge is 0.482 e. The third-order valence-electron chi connectivity index (χ3n) is 3.33. The molecule has 0 aliphatic carbocycles. The Balaban J connectivity index is 1.80. The van der Waals surface area contributed by atoms with Gasteiger partial charge in [-0.1, -0.05) is 0 Å². The maximum Gasteiger partial charge on any atom is 0.341 e. The highest BCUT2D eigenvalue weighted by Gasteiger charge is 2.13. The van der Waals surface area contributed by atoms with E-state index in [9.17, 15) is 18.0 Å². The van der Waals surface area contributed by atoms with Gasteiger partial charge in [-0.25, -0.2) is 17.9 Å². The summed E-state index contributed by atoms with van der Waals surface area (Å²) < 4.78 is 32.1. The summed E-state index contributed by atoms with van der Waals surface area (Å²) in [6, 6.07) is 12.8. The van der Waals surface area contributed by atoms with Gasteiger partial charge in [0.05, 0.1) is 4.90 Å². The van der Waals surface area contributed by atoms with Gasteiger partial charge in [0, 0.05) is 29.8 Å². The monoisotopic (exact) mass is 424 g/mol. The summed E-state index contributed by atoms with van der Waals surface area (Å²) in [4.78, 5) is 22.5. The molecule has 0 saturated carbocycles. The number of sulfonamides is 1. The molecule has 0 aliphatic rings. The van der Waals surface area contributed by atoms with Crippen LogP contribution in [0.1, 0.15) is 6.92 Å². The molecule has 150 valence electrons. The average Bonchev–Trinajstić information content (AvgIpc) is 2.64. The number of carbonyl (C=O) groups excluding carboxylic acids is 1. The average molecular weight is 425 g/mol. The molecule has 0 aromatic heterocycles. The maximum absolute atomic E-state index is 12.3. The molecule has 0 saturated heterocycles. The number of rotatable bonds is 10. The molecule has 0 bridgehead atoms. The van der Waals surface area contributed by atoms with Crippen LogP contribution in [0, 0.1) is 0 Å². The number of hydrogen-bond acceptors (Lipinski definition) is 6.